The van der Waals surface area contributed by atoms with Crippen LogP contribution in [0.5, 0.6) is 11.5 Å². The van der Waals surface area contributed by atoms with Crippen molar-refractivity contribution in [1.29, 1.82) is 0 Å². The lowest BCUT2D eigenvalue weighted by atomic mass is 10.3. The number of pyridine rings is 1. The summed E-state index contributed by atoms with van der Waals surface area (Å²) < 4.78 is 31.0. The minimum Gasteiger partial charge on any atom is -0.454 e. The first-order valence-corrected chi connectivity index (χ1v) is 4.77. The van der Waals surface area contributed by atoms with Crippen molar-refractivity contribution in [3.63, 3.8) is 0 Å². The molecule has 2 nitrogen and oxygen atoms in total. The molecule has 0 aliphatic rings. The molecule has 0 unspecified atom stereocenters. The first kappa shape index (κ1) is 10.8. The molecule has 0 amide bonds. The van der Waals surface area contributed by atoms with Crippen LogP contribution in [0.25, 0.3) is 0 Å². The summed E-state index contributed by atoms with van der Waals surface area (Å²) in [4.78, 5) is 3.75. The molecule has 0 saturated carbocycles. The van der Waals surface area contributed by atoms with Crippen molar-refractivity contribution >= 4 is 11.6 Å². The van der Waals surface area contributed by atoms with Crippen LogP contribution in [0.3, 0.4) is 0 Å². The number of halogens is 3. The molecule has 5 heteroatoms. The van der Waals surface area contributed by atoms with Gasteiger partial charge in [-0.1, -0.05) is 11.6 Å². The molecule has 0 saturated heterocycles. The number of aromatic nitrogens is 1. The summed E-state index contributed by atoms with van der Waals surface area (Å²) in [5, 5.41) is 0.236. The molecular formula is C11H6ClF2NO. The second-order valence-corrected chi connectivity index (χ2v) is 3.38. The van der Waals surface area contributed by atoms with E-state index in [0.717, 1.165) is 12.1 Å². The Morgan fingerprint density at radius 2 is 1.94 bits per heavy atom. The van der Waals surface area contributed by atoms with Crippen LogP contribution in [-0.2, 0) is 0 Å². The van der Waals surface area contributed by atoms with E-state index in [4.69, 9.17) is 16.3 Å². The molecule has 0 aliphatic carbocycles. The summed E-state index contributed by atoms with van der Waals surface area (Å²) in [6.45, 7) is 0. The summed E-state index contributed by atoms with van der Waals surface area (Å²) in [5.74, 6) is -1.15. The highest BCUT2D eigenvalue weighted by molar-refractivity contribution is 6.29. The molecule has 0 atom stereocenters. The van der Waals surface area contributed by atoms with Gasteiger partial charge in [0.05, 0.1) is 0 Å². The van der Waals surface area contributed by atoms with Gasteiger partial charge >= 0.3 is 0 Å². The molecule has 0 radical (unpaired) electrons. The molecule has 2 aromatic rings. The quantitative estimate of drug-likeness (QED) is 0.746. The van der Waals surface area contributed by atoms with E-state index in [1.165, 1.54) is 24.4 Å². The smallest absolute Gasteiger partial charge is 0.168 e. The van der Waals surface area contributed by atoms with Crippen molar-refractivity contribution in [3.05, 3.63) is 53.3 Å². The summed E-state index contributed by atoms with van der Waals surface area (Å²) in [6.07, 6.45) is 1.43. The number of benzene rings is 1. The molecule has 82 valence electrons. The van der Waals surface area contributed by atoms with Crippen LogP contribution in [0.1, 0.15) is 0 Å². The third-order valence-corrected chi connectivity index (χ3v) is 2.03. The third-order valence-electron chi connectivity index (χ3n) is 1.82. The number of hydrogen-bond acceptors (Lipinski definition) is 2. The van der Waals surface area contributed by atoms with Gasteiger partial charge < -0.3 is 4.74 Å². The molecule has 0 fully saturated rings. The van der Waals surface area contributed by atoms with Gasteiger partial charge in [-0.15, -0.1) is 0 Å². The SMILES string of the molecule is Fc1ccc(Oc2ccnc(Cl)c2)c(F)c1. The minimum atomic E-state index is -0.770. The standard InChI is InChI=1S/C11H6ClF2NO/c12-11-6-8(3-4-15-11)16-10-2-1-7(13)5-9(10)14/h1-6H. The second kappa shape index (κ2) is 4.45. The fourth-order valence-electron chi connectivity index (χ4n) is 1.13. The van der Waals surface area contributed by atoms with Gasteiger partial charge in [0.2, 0.25) is 0 Å². The van der Waals surface area contributed by atoms with E-state index in [1.54, 1.807) is 0 Å². The fourth-order valence-corrected chi connectivity index (χ4v) is 1.30. The zero-order valence-electron chi connectivity index (χ0n) is 7.95. The lowest BCUT2D eigenvalue weighted by Crippen LogP contribution is -1.89. The Balaban J connectivity index is 2.27. The maximum atomic E-state index is 13.2. The minimum absolute atomic E-state index is 0.0660. The Kier molecular flexibility index (Phi) is 3.01. The van der Waals surface area contributed by atoms with Crippen LogP contribution in [-0.4, -0.2) is 4.98 Å². The Bertz CT molecular complexity index is 519. The maximum Gasteiger partial charge on any atom is 0.168 e. The van der Waals surface area contributed by atoms with Gasteiger partial charge in [-0.2, -0.15) is 0 Å². The van der Waals surface area contributed by atoms with Gasteiger partial charge in [0.15, 0.2) is 11.6 Å². The molecule has 0 spiro atoms. The molecule has 2 rings (SSSR count). The van der Waals surface area contributed by atoms with Gasteiger partial charge in [-0.25, -0.2) is 13.8 Å². The Morgan fingerprint density at radius 1 is 1.12 bits per heavy atom. The molecule has 1 heterocycles. The van der Waals surface area contributed by atoms with E-state index in [2.05, 4.69) is 4.98 Å². The lowest BCUT2D eigenvalue weighted by molar-refractivity contribution is 0.437. The van der Waals surface area contributed by atoms with Gasteiger partial charge in [0, 0.05) is 18.3 Å². The highest BCUT2D eigenvalue weighted by atomic mass is 35.5. The Morgan fingerprint density at radius 3 is 2.62 bits per heavy atom. The van der Waals surface area contributed by atoms with E-state index in [9.17, 15) is 8.78 Å². The average molecular weight is 242 g/mol. The predicted octanol–water partition coefficient (Wildman–Crippen LogP) is 3.81. The van der Waals surface area contributed by atoms with Crippen LogP contribution >= 0.6 is 11.6 Å². The lowest BCUT2D eigenvalue weighted by Gasteiger charge is -2.06. The highest BCUT2D eigenvalue weighted by Crippen LogP contribution is 2.25. The highest BCUT2D eigenvalue weighted by Gasteiger charge is 2.06. The molecular weight excluding hydrogens is 236 g/mol. The van der Waals surface area contributed by atoms with E-state index >= 15 is 0 Å². The second-order valence-electron chi connectivity index (χ2n) is 2.99. The van der Waals surface area contributed by atoms with Crippen molar-refractivity contribution in [2.45, 2.75) is 0 Å². The zero-order chi connectivity index (χ0) is 11.5. The normalized spacial score (nSPS) is 10.2. The summed E-state index contributed by atoms with van der Waals surface area (Å²) in [6, 6.07) is 6.03. The first-order valence-electron chi connectivity index (χ1n) is 4.39. The number of nitrogens with zero attached hydrogens (tertiary/aromatic N) is 1. The van der Waals surface area contributed by atoms with Crippen molar-refractivity contribution in [3.8, 4) is 11.5 Å². The molecule has 16 heavy (non-hydrogen) atoms. The van der Waals surface area contributed by atoms with Crippen molar-refractivity contribution in [2.75, 3.05) is 0 Å². The zero-order valence-corrected chi connectivity index (χ0v) is 8.71. The average Bonchev–Trinajstić information content (AvgIpc) is 2.22. The van der Waals surface area contributed by atoms with E-state index in [-0.39, 0.29) is 10.9 Å². The Labute approximate surface area is 95.5 Å². The topological polar surface area (TPSA) is 22.1 Å². The van der Waals surface area contributed by atoms with Crippen LogP contribution < -0.4 is 4.74 Å². The van der Waals surface area contributed by atoms with Crippen molar-refractivity contribution < 1.29 is 13.5 Å². The molecule has 0 N–H and O–H groups in total. The van der Waals surface area contributed by atoms with E-state index in [1.807, 2.05) is 0 Å². The van der Waals surface area contributed by atoms with Gasteiger partial charge in [-0.05, 0) is 18.2 Å². The summed E-state index contributed by atoms with van der Waals surface area (Å²) in [7, 11) is 0. The van der Waals surface area contributed by atoms with Crippen LogP contribution in [0, 0.1) is 11.6 Å². The Hall–Kier alpha value is -1.68. The van der Waals surface area contributed by atoms with Crippen LogP contribution in [0.4, 0.5) is 8.78 Å². The molecule has 0 bridgehead atoms. The number of rotatable bonds is 2. The molecule has 1 aromatic carbocycles. The number of hydrogen-bond donors (Lipinski definition) is 0. The van der Waals surface area contributed by atoms with Gasteiger partial charge in [0.1, 0.15) is 16.7 Å². The number of ether oxygens (including phenoxy) is 1. The van der Waals surface area contributed by atoms with E-state index < -0.39 is 11.6 Å². The maximum absolute atomic E-state index is 13.2. The monoisotopic (exact) mass is 241 g/mol. The van der Waals surface area contributed by atoms with Crippen molar-refractivity contribution in [1.82, 2.24) is 4.98 Å². The largest absolute Gasteiger partial charge is 0.454 e. The first-order chi connectivity index (χ1) is 7.65. The van der Waals surface area contributed by atoms with Gasteiger partial charge in [-0.3, -0.25) is 0 Å². The van der Waals surface area contributed by atoms with Crippen LogP contribution in [0.2, 0.25) is 5.15 Å². The summed E-state index contributed by atoms with van der Waals surface area (Å²) >= 11 is 5.63. The van der Waals surface area contributed by atoms with Crippen LogP contribution in [0.15, 0.2) is 36.5 Å². The summed E-state index contributed by atoms with van der Waals surface area (Å²) in [5.41, 5.74) is 0. The molecule has 0 aliphatic heterocycles. The van der Waals surface area contributed by atoms with Crippen molar-refractivity contribution in [2.24, 2.45) is 0 Å². The molecule has 1 aromatic heterocycles. The van der Waals surface area contributed by atoms with E-state index in [0.29, 0.717) is 5.75 Å². The third kappa shape index (κ3) is 2.46. The predicted molar refractivity (Wildman–Crippen MR) is 55.7 cm³/mol. The van der Waals surface area contributed by atoms with Gasteiger partial charge in [0.25, 0.3) is 0 Å². The fraction of sp³-hybridized carbons (Fsp3) is 0.